The molecule has 1 atom stereocenters. The molecule has 2 aromatic rings. The Morgan fingerprint density at radius 3 is 2.71 bits per heavy atom. The maximum atomic E-state index is 13.5. The van der Waals surface area contributed by atoms with Crippen LogP contribution in [0.25, 0.3) is 0 Å². The Morgan fingerprint density at radius 1 is 1.29 bits per heavy atom. The van der Waals surface area contributed by atoms with Crippen LogP contribution in [0, 0.1) is 17.1 Å². The smallest absolute Gasteiger partial charge is 0.368 e. The third-order valence-electron chi connectivity index (χ3n) is 4.99. The molecule has 0 N–H and O–H groups in total. The van der Waals surface area contributed by atoms with Crippen molar-refractivity contribution in [3.8, 4) is 6.07 Å². The van der Waals surface area contributed by atoms with Crippen LogP contribution in [0.5, 0.6) is 0 Å². The van der Waals surface area contributed by atoms with Crippen molar-refractivity contribution in [1.29, 1.82) is 5.26 Å². The number of hydrogen-bond acceptors (Lipinski definition) is 4. The van der Waals surface area contributed by atoms with Crippen LogP contribution in [-0.4, -0.2) is 30.7 Å². The quantitative estimate of drug-likeness (QED) is 0.713. The number of hydrogen-bond donors (Lipinski definition) is 0. The minimum absolute atomic E-state index is 0.0314. The van der Waals surface area contributed by atoms with E-state index >= 15 is 0 Å². The largest absolute Gasteiger partial charge is 0.417 e. The lowest BCUT2D eigenvalue weighted by molar-refractivity contribution is -0.137. The molecule has 28 heavy (non-hydrogen) atoms. The summed E-state index contributed by atoms with van der Waals surface area (Å²) in [5.74, 6) is -0.422. The standard InChI is InChI=1S/C20H20F4N4/c1-2-28(16-6-5-14(10-25)19(9-16)20(22,23)24)17-4-3-7-27(13-17)18-8-15(21)11-26-12-18/h5-6,8-9,11-12,17H,2-4,7,13H2,1H3/t17-/m0/s1. The monoisotopic (exact) mass is 392 g/mol. The Kier molecular flexibility index (Phi) is 5.73. The summed E-state index contributed by atoms with van der Waals surface area (Å²) in [6.07, 6.45) is -0.218. The lowest BCUT2D eigenvalue weighted by Crippen LogP contribution is -2.48. The van der Waals surface area contributed by atoms with Crippen molar-refractivity contribution in [1.82, 2.24) is 4.98 Å². The Balaban J connectivity index is 1.88. The van der Waals surface area contributed by atoms with E-state index in [1.165, 1.54) is 12.1 Å². The lowest BCUT2D eigenvalue weighted by Gasteiger charge is -2.41. The predicted molar refractivity (Wildman–Crippen MR) is 98.6 cm³/mol. The van der Waals surface area contributed by atoms with Gasteiger partial charge >= 0.3 is 6.18 Å². The Morgan fingerprint density at radius 2 is 2.07 bits per heavy atom. The number of piperidine rings is 1. The first-order chi connectivity index (χ1) is 13.3. The van der Waals surface area contributed by atoms with E-state index in [1.54, 1.807) is 18.3 Å². The maximum Gasteiger partial charge on any atom is 0.417 e. The number of alkyl halides is 3. The normalized spacial score (nSPS) is 17.3. The van der Waals surface area contributed by atoms with Crippen molar-refractivity contribution in [2.24, 2.45) is 0 Å². The van der Waals surface area contributed by atoms with E-state index in [2.05, 4.69) is 4.98 Å². The molecule has 0 spiro atoms. The van der Waals surface area contributed by atoms with Crippen molar-refractivity contribution in [2.45, 2.75) is 32.0 Å². The zero-order valence-electron chi connectivity index (χ0n) is 15.4. The summed E-state index contributed by atoms with van der Waals surface area (Å²) >= 11 is 0. The second kappa shape index (κ2) is 8.05. The summed E-state index contributed by atoms with van der Waals surface area (Å²) in [6, 6.07) is 6.81. The highest BCUT2D eigenvalue weighted by Crippen LogP contribution is 2.35. The lowest BCUT2D eigenvalue weighted by atomic mass is 10.0. The molecule has 1 aromatic heterocycles. The van der Waals surface area contributed by atoms with Crippen molar-refractivity contribution >= 4 is 11.4 Å². The van der Waals surface area contributed by atoms with Crippen molar-refractivity contribution in [2.75, 3.05) is 29.4 Å². The summed E-state index contributed by atoms with van der Waals surface area (Å²) in [5.41, 5.74) is -0.217. The number of aromatic nitrogens is 1. The second-order valence-corrected chi connectivity index (χ2v) is 6.73. The van der Waals surface area contributed by atoms with Crippen molar-refractivity contribution < 1.29 is 17.6 Å². The molecule has 2 heterocycles. The van der Waals surface area contributed by atoms with Gasteiger partial charge in [0.1, 0.15) is 5.82 Å². The van der Waals surface area contributed by atoms with Crippen LogP contribution < -0.4 is 9.80 Å². The molecule has 8 heteroatoms. The highest BCUT2D eigenvalue weighted by molar-refractivity contribution is 5.56. The van der Waals surface area contributed by atoms with E-state index in [0.29, 0.717) is 24.5 Å². The van der Waals surface area contributed by atoms with Gasteiger partial charge in [0, 0.05) is 37.4 Å². The molecule has 1 aliphatic heterocycles. The molecule has 4 nitrogen and oxygen atoms in total. The third kappa shape index (κ3) is 4.19. The first kappa shape index (κ1) is 19.9. The highest BCUT2D eigenvalue weighted by atomic mass is 19.4. The molecule has 0 bridgehead atoms. The van der Waals surface area contributed by atoms with Gasteiger partial charge in [-0.3, -0.25) is 4.98 Å². The molecule has 0 saturated carbocycles. The van der Waals surface area contributed by atoms with Crippen LogP contribution in [0.15, 0.2) is 36.7 Å². The van der Waals surface area contributed by atoms with Crippen molar-refractivity contribution in [3.05, 3.63) is 53.6 Å². The van der Waals surface area contributed by atoms with Gasteiger partial charge < -0.3 is 9.80 Å². The van der Waals surface area contributed by atoms with Crippen LogP contribution in [0.2, 0.25) is 0 Å². The van der Waals surface area contributed by atoms with Crippen LogP contribution in [-0.2, 0) is 6.18 Å². The van der Waals surface area contributed by atoms with Crippen LogP contribution >= 0.6 is 0 Å². The van der Waals surface area contributed by atoms with Gasteiger partial charge in [-0.1, -0.05) is 0 Å². The average molecular weight is 392 g/mol. The highest BCUT2D eigenvalue weighted by Gasteiger charge is 2.35. The van der Waals surface area contributed by atoms with Gasteiger partial charge in [0.05, 0.1) is 35.3 Å². The van der Waals surface area contributed by atoms with Gasteiger partial charge in [0.15, 0.2) is 0 Å². The van der Waals surface area contributed by atoms with Crippen LogP contribution in [0.3, 0.4) is 0 Å². The van der Waals surface area contributed by atoms with Gasteiger partial charge in [-0.05, 0) is 38.0 Å². The summed E-state index contributed by atoms with van der Waals surface area (Å²) in [6.45, 7) is 3.69. The number of halogens is 4. The molecule has 1 aliphatic rings. The molecule has 148 valence electrons. The van der Waals surface area contributed by atoms with Gasteiger partial charge in [0.2, 0.25) is 0 Å². The van der Waals surface area contributed by atoms with E-state index in [1.807, 2.05) is 16.7 Å². The Bertz CT molecular complexity index is 875. The zero-order chi connectivity index (χ0) is 20.3. The Hall–Kier alpha value is -2.82. The minimum atomic E-state index is -4.59. The molecule has 0 unspecified atom stereocenters. The maximum absolute atomic E-state index is 13.5. The summed E-state index contributed by atoms with van der Waals surface area (Å²) < 4.78 is 53.5. The number of benzene rings is 1. The van der Waals surface area contributed by atoms with E-state index < -0.39 is 17.6 Å². The fraction of sp³-hybridized carbons (Fsp3) is 0.400. The van der Waals surface area contributed by atoms with Gasteiger partial charge in [0.25, 0.3) is 0 Å². The second-order valence-electron chi connectivity index (χ2n) is 6.73. The van der Waals surface area contributed by atoms with E-state index in [4.69, 9.17) is 5.26 Å². The number of nitriles is 1. The van der Waals surface area contributed by atoms with Gasteiger partial charge in [-0.2, -0.15) is 18.4 Å². The number of likely N-dealkylation sites (N-methyl/N-ethyl adjacent to an activating group) is 1. The molecule has 0 amide bonds. The van der Waals surface area contributed by atoms with E-state index in [0.717, 1.165) is 31.6 Å². The number of rotatable bonds is 4. The first-order valence-electron chi connectivity index (χ1n) is 9.07. The molecule has 1 fully saturated rings. The summed E-state index contributed by atoms with van der Waals surface area (Å²) in [7, 11) is 0. The molecule has 1 aromatic carbocycles. The fourth-order valence-electron chi connectivity index (χ4n) is 3.71. The van der Waals surface area contributed by atoms with E-state index in [-0.39, 0.29) is 11.6 Å². The number of pyridine rings is 1. The SMILES string of the molecule is CCN(c1ccc(C#N)c(C(F)(F)F)c1)[C@H]1CCCN(c2cncc(F)c2)C1. The third-order valence-corrected chi connectivity index (χ3v) is 4.99. The molecular weight excluding hydrogens is 372 g/mol. The fourth-order valence-corrected chi connectivity index (χ4v) is 3.71. The molecule has 3 rings (SSSR count). The van der Waals surface area contributed by atoms with Gasteiger partial charge in [-0.15, -0.1) is 0 Å². The first-order valence-corrected chi connectivity index (χ1v) is 9.07. The molecule has 1 saturated heterocycles. The van der Waals surface area contributed by atoms with Crippen LogP contribution in [0.4, 0.5) is 28.9 Å². The number of anilines is 2. The average Bonchev–Trinajstić information content (AvgIpc) is 2.68. The van der Waals surface area contributed by atoms with E-state index in [9.17, 15) is 17.6 Å². The summed E-state index contributed by atoms with van der Waals surface area (Å²) in [5, 5.41) is 8.99. The molecular formula is C20H20F4N4. The van der Waals surface area contributed by atoms with Crippen molar-refractivity contribution in [3.63, 3.8) is 0 Å². The zero-order valence-corrected chi connectivity index (χ0v) is 15.4. The minimum Gasteiger partial charge on any atom is -0.368 e. The van der Waals surface area contributed by atoms with Gasteiger partial charge in [-0.25, -0.2) is 4.39 Å². The predicted octanol–water partition coefficient (Wildman–Crippen LogP) is 4.61. The summed E-state index contributed by atoms with van der Waals surface area (Å²) in [4.78, 5) is 7.79. The Labute approximate surface area is 161 Å². The van der Waals surface area contributed by atoms with Crippen LogP contribution in [0.1, 0.15) is 30.9 Å². The topological polar surface area (TPSA) is 43.2 Å². The number of nitrogens with zero attached hydrogens (tertiary/aromatic N) is 4. The molecule has 0 radical (unpaired) electrons. The molecule has 0 aliphatic carbocycles.